The Morgan fingerprint density at radius 2 is 1.57 bits per heavy atom. The van der Waals surface area contributed by atoms with Gasteiger partial charge in [-0.3, -0.25) is 4.79 Å². The smallest absolute Gasteiger partial charge is 0.414 e. The quantitative estimate of drug-likeness (QED) is 0.312. The van der Waals surface area contributed by atoms with Crippen molar-refractivity contribution in [1.82, 2.24) is 4.90 Å². The van der Waals surface area contributed by atoms with Crippen molar-refractivity contribution in [3.05, 3.63) is 48.0 Å². The molecular formula is C27H36N2O5S. The van der Waals surface area contributed by atoms with E-state index in [1.807, 2.05) is 17.8 Å². The third-order valence-corrected chi connectivity index (χ3v) is 6.98. The lowest BCUT2D eigenvalue weighted by Crippen LogP contribution is -2.34. The number of Topliss-reactive ketones (excluding diaryl/α,β-unsaturated/α-hetero) is 1. The predicted octanol–water partition coefficient (Wildman–Crippen LogP) is 5.80. The number of aliphatic carboxylic acids is 2. The Kier molecular flexibility index (Phi) is 11.3. The summed E-state index contributed by atoms with van der Waals surface area (Å²) in [5.74, 6) is -2.86. The summed E-state index contributed by atoms with van der Waals surface area (Å²) in [7, 11) is 0. The Balaban J connectivity index is 0.000000641. The molecular weight excluding hydrogens is 464 g/mol. The number of nitrogens with zero attached hydrogens (tertiary/aromatic N) is 2. The minimum atomic E-state index is -1.82. The van der Waals surface area contributed by atoms with Crippen molar-refractivity contribution in [2.45, 2.75) is 56.7 Å². The van der Waals surface area contributed by atoms with Crippen LogP contribution in [0, 0.1) is 5.92 Å². The van der Waals surface area contributed by atoms with Gasteiger partial charge in [0.25, 0.3) is 0 Å². The van der Waals surface area contributed by atoms with E-state index in [0.717, 1.165) is 44.6 Å². The third kappa shape index (κ3) is 8.11. The first kappa shape index (κ1) is 28.4. The van der Waals surface area contributed by atoms with E-state index < -0.39 is 11.9 Å². The Bertz CT molecular complexity index is 1010. The van der Waals surface area contributed by atoms with Crippen LogP contribution in [0.5, 0.6) is 0 Å². The van der Waals surface area contributed by atoms with Gasteiger partial charge >= 0.3 is 11.9 Å². The summed E-state index contributed by atoms with van der Waals surface area (Å²) in [6.45, 7) is 13.1. The summed E-state index contributed by atoms with van der Waals surface area (Å²) in [6, 6.07) is 14.9. The van der Waals surface area contributed by atoms with Gasteiger partial charge in [-0.1, -0.05) is 64.1 Å². The molecule has 1 aliphatic rings. The van der Waals surface area contributed by atoms with E-state index in [9.17, 15) is 4.79 Å². The average Bonchev–Trinajstić information content (AvgIpc) is 2.85. The van der Waals surface area contributed by atoms with Crippen molar-refractivity contribution in [1.29, 1.82) is 0 Å². The maximum absolute atomic E-state index is 12.7. The van der Waals surface area contributed by atoms with E-state index in [1.165, 1.54) is 21.2 Å². The van der Waals surface area contributed by atoms with E-state index in [4.69, 9.17) is 19.8 Å². The third-order valence-electron chi connectivity index (χ3n) is 5.85. The number of hydrogen-bond donors (Lipinski definition) is 2. The van der Waals surface area contributed by atoms with Crippen LogP contribution in [0.15, 0.2) is 52.3 Å². The summed E-state index contributed by atoms with van der Waals surface area (Å²) < 4.78 is 0. The first-order chi connectivity index (χ1) is 16.7. The number of unbranched alkanes of at least 4 members (excludes halogenated alkanes) is 1. The molecule has 1 heterocycles. The molecule has 2 aromatic rings. The van der Waals surface area contributed by atoms with Crippen LogP contribution in [0.2, 0.25) is 0 Å². The van der Waals surface area contributed by atoms with Crippen molar-refractivity contribution in [2.75, 3.05) is 31.1 Å². The van der Waals surface area contributed by atoms with Gasteiger partial charge in [0.05, 0.1) is 11.4 Å². The van der Waals surface area contributed by atoms with Crippen molar-refractivity contribution in [2.24, 2.45) is 5.92 Å². The van der Waals surface area contributed by atoms with Gasteiger partial charge in [0.1, 0.15) is 0 Å². The molecule has 1 aliphatic heterocycles. The molecule has 8 heteroatoms. The topological polar surface area (TPSA) is 98.2 Å². The minimum Gasteiger partial charge on any atom is -0.473 e. The number of fused-ring (bicyclic) bond motifs is 2. The maximum Gasteiger partial charge on any atom is 0.414 e. The normalized spacial score (nSPS) is 12.8. The van der Waals surface area contributed by atoms with Crippen LogP contribution in [0.1, 0.15) is 57.3 Å². The predicted molar refractivity (Wildman–Crippen MR) is 140 cm³/mol. The van der Waals surface area contributed by atoms with E-state index >= 15 is 0 Å². The van der Waals surface area contributed by atoms with Crippen molar-refractivity contribution < 1.29 is 24.6 Å². The van der Waals surface area contributed by atoms with Crippen LogP contribution in [0.3, 0.4) is 0 Å². The van der Waals surface area contributed by atoms with Gasteiger partial charge in [0.15, 0.2) is 5.78 Å². The number of carboxylic acid groups (broad SMARTS) is 2. The Morgan fingerprint density at radius 1 is 0.943 bits per heavy atom. The molecule has 2 aromatic carbocycles. The Morgan fingerprint density at radius 3 is 2.17 bits per heavy atom. The lowest BCUT2D eigenvalue weighted by Gasteiger charge is -2.36. The highest BCUT2D eigenvalue weighted by Crippen LogP contribution is 2.48. The van der Waals surface area contributed by atoms with E-state index in [2.05, 4.69) is 73.9 Å². The Hall–Kier alpha value is -2.84. The van der Waals surface area contributed by atoms with Gasteiger partial charge in [-0.2, -0.15) is 0 Å². The van der Waals surface area contributed by atoms with Crippen LogP contribution >= 0.6 is 11.8 Å². The first-order valence-electron chi connectivity index (χ1n) is 12.1. The number of hydrogen-bond acceptors (Lipinski definition) is 6. The van der Waals surface area contributed by atoms with Gasteiger partial charge in [-0.05, 0) is 49.7 Å². The molecule has 0 aromatic heterocycles. The van der Waals surface area contributed by atoms with Crippen molar-refractivity contribution in [3.63, 3.8) is 0 Å². The second-order valence-electron chi connectivity index (χ2n) is 8.59. The molecule has 35 heavy (non-hydrogen) atoms. The zero-order valence-electron chi connectivity index (χ0n) is 21.0. The second kappa shape index (κ2) is 13.9. The van der Waals surface area contributed by atoms with Crippen LogP contribution in [-0.4, -0.2) is 59.0 Å². The fraction of sp³-hybridized carbons (Fsp3) is 0.444. The number of anilines is 2. The SMILES string of the molecule is CCCCC(=O)c1ccc2c(c1)N(CC(C)CN(CC)CC)c1ccccc1S2.O=C(O)C(=O)O. The molecule has 0 radical (unpaired) electrons. The zero-order valence-corrected chi connectivity index (χ0v) is 21.8. The monoisotopic (exact) mass is 500 g/mol. The molecule has 0 saturated heterocycles. The summed E-state index contributed by atoms with van der Waals surface area (Å²) in [5.41, 5.74) is 3.29. The Labute approximate surface area is 212 Å². The highest BCUT2D eigenvalue weighted by Gasteiger charge is 2.26. The summed E-state index contributed by atoms with van der Waals surface area (Å²) >= 11 is 1.81. The van der Waals surface area contributed by atoms with Crippen LogP contribution in [-0.2, 0) is 9.59 Å². The lowest BCUT2D eigenvalue weighted by molar-refractivity contribution is -0.159. The number of para-hydroxylation sites is 1. The van der Waals surface area contributed by atoms with E-state index in [0.29, 0.717) is 12.3 Å². The molecule has 0 amide bonds. The molecule has 0 spiro atoms. The molecule has 0 aliphatic carbocycles. The van der Waals surface area contributed by atoms with Gasteiger partial charge in [-0.25, -0.2) is 9.59 Å². The first-order valence-corrected chi connectivity index (χ1v) is 12.9. The van der Waals surface area contributed by atoms with Crippen LogP contribution in [0.25, 0.3) is 0 Å². The highest BCUT2D eigenvalue weighted by molar-refractivity contribution is 7.99. The van der Waals surface area contributed by atoms with E-state index in [1.54, 1.807) is 0 Å². The lowest BCUT2D eigenvalue weighted by atomic mass is 10.0. The molecule has 0 bridgehead atoms. The van der Waals surface area contributed by atoms with Gasteiger partial charge in [0.2, 0.25) is 0 Å². The van der Waals surface area contributed by atoms with Crippen LogP contribution in [0.4, 0.5) is 11.4 Å². The maximum atomic E-state index is 12.7. The number of carbonyl (C=O) groups is 3. The summed E-state index contributed by atoms with van der Waals surface area (Å²) in [5, 5.41) is 14.8. The molecule has 0 saturated carbocycles. The molecule has 3 rings (SSSR count). The molecule has 1 unspecified atom stereocenters. The summed E-state index contributed by atoms with van der Waals surface area (Å²) in [6.07, 6.45) is 2.64. The molecule has 7 nitrogen and oxygen atoms in total. The van der Waals surface area contributed by atoms with E-state index in [-0.39, 0.29) is 5.78 Å². The fourth-order valence-electron chi connectivity index (χ4n) is 3.97. The largest absolute Gasteiger partial charge is 0.473 e. The van der Waals surface area contributed by atoms with Crippen molar-refractivity contribution in [3.8, 4) is 0 Å². The number of carbonyl (C=O) groups excluding carboxylic acids is 1. The zero-order chi connectivity index (χ0) is 26.0. The highest BCUT2D eigenvalue weighted by atomic mass is 32.2. The molecule has 1 atom stereocenters. The van der Waals surface area contributed by atoms with Gasteiger partial charge in [0, 0.05) is 34.9 Å². The number of carboxylic acids is 2. The number of ketones is 1. The average molecular weight is 501 g/mol. The standard InChI is InChI=1S/C25H34N2OS.C2H2O4/c1-5-8-12-23(28)20-14-15-25-22(16-20)27(18-19(4)17-26(6-2)7-3)21-11-9-10-13-24(21)29-25;3-1(4)2(5)6/h9-11,13-16,19H,5-8,12,17-18H2,1-4H3;(H,3,4)(H,5,6). The van der Waals surface area contributed by atoms with Crippen LogP contribution < -0.4 is 4.90 Å². The van der Waals surface area contributed by atoms with Gasteiger partial charge < -0.3 is 20.0 Å². The van der Waals surface area contributed by atoms with Gasteiger partial charge in [-0.15, -0.1) is 0 Å². The molecule has 0 fully saturated rings. The minimum absolute atomic E-state index is 0.259. The fourth-order valence-corrected chi connectivity index (χ4v) is 5.05. The molecule has 190 valence electrons. The molecule has 2 N–H and O–H groups in total. The number of benzene rings is 2. The van der Waals surface area contributed by atoms with Crippen molar-refractivity contribution >= 4 is 40.9 Å². The second-order valence-corrected chi connectivity index (χ2v) is 9.67. The summed E-state index contributed by atoms with van der Waals surface area (Å²) in [4.78, 5) is 38.3. The number of rotatable bonds is 10.